The Hall–Kier alpha value is -3.40. The zero-order chi connectivity index (χ0) is 26.8. The Morgan fingerprint density at radius 3 is 2.82 bits per heavy atom. The average molecular weight is 553 g/mol. The Morgan fingerprint density at radius 2 is 2.05 bits per heavy atom. The predicted molar refractivity (Wildman–Crippen MR) is 150 cm³/mol. The van der Waals surface area contributed by atoms with E-state index in [2.05, 4.69) is 15.2 Å². The molecule has 38 heavy (non-hydrogen) atoms. The van der Waals surface area contributed by atoms with Gasteiger partial charge in [-0.3, -0.25) is 4.79 Å². The minimum Gasteiger partial charge on any atom is -0.484 e. The smallest absolute Gasteiger partial charge is 0.351 e. The number of rotatable bonds is 7. The highest BCUT2D eigenvalue weighted by atomic mass is 35.5. The maximum atomic E-state index is 12.8. The number of benzene rings is 2. The number of ether oxygens (including phenoxy) is 2. The Morgan fingerprint density at radius 1 is 1.24 bits per heavy atom. The van der Waals surface area contributed by atoms with Crippen molar-refractivity contribution >= 4 is 51.5 Å². The number of nitrogens with one attached hydrogen (secondary N) is 2. The van der Waals surface area contributed by atoms with Crippen LogP contribution in [-0.4, -0.2) is 54.0 Å². The minimum absolute atomic E-state index is 0.0174. The number of aromatic amines is 1. The number of esters is 1. The second-order valence-corrected chi connectivity index (χ2v) is 10.9. The molecule has 5 rings (SSSR count). The Kier molecular flexibility index (Phi) is 7.69. The summed E-state index contributed by atoms with van der Waals surface area (Å²) in [4.78, 5) is 36.6. The van der Waals surface area contributed by atoms with Gasteiger partial charge in [0, 0.05) is 28.9 Å². The van der Waals surface area contributed by atoms with Gasteiger partial charge in [0.15, 0.2) is 4.88 Å². The highest BCUT2D eigenvalue weighted by molar-refractivity contribution is 7.17. The summed E-state index contributed by atoms with van der Waals surface area (Å²) in [7, 11) is 3.38. The van der Waals surface area contributed by atoms with E-state index < -0.39 is 5.97 Å². The van der Waals surface area contributed by atoms with Crippen molar-refractivity contribution in [1.82, 2.24) is 14.9 Å². The van der Waals surface area contributed by atoms with E-state index in [1.54, 1.807) is 12.1 Å². The van der Waals surface area contributed by atoms with Crippen LogP contribution in [0.1, 0.15) is 41.1 Å². The van der Waals surface area contributed by atoms with Crippen LogP contribution in [-0.2, 0) is 9.53 Å². The molecule has 1 fully saturated rings. The summed E-state index contributed by atoms with van der Waals surface area (Å²) in [6.07, 6.45) is 1.53. The van der Waals surface area contributed by atoms with Crippen molar-refractivity contribution in [3.63, 3.8) is 0 Å². The first kappa shape index (κ1) is 26.2. The van der Waals surface area contributed by atoms with E-state index in [9.17, 15) is 9.59 Å². The first-order chi connectivity index (χ1) is 18.3. The summed E-state index contributed by atoms with van der Waals surface area (Å²) < 4.78 is 11.2. The van der Waals surface area contributed by atoms with E-state index >= 15 is 0 Å². The lowest BCUT2D eigenvalue weighted by Crippen LogP contribution is -2.38. The van der Waals surface area contributed by atoms with E-state index in [4.69, 9.17) is 26.1 Å². The van der Waals surface area contributed by atoms with Crippen molar-refractivity contribution in [3.05, 3.63) is 64.0 Å². The third kappa shape index (κ3) is 5.55. The number of H-pyrrole nitrogens is 1. The molecule has 0 bridgehead atoms. The molecule has 1 aliphatic rings. The van der Waals surface area contributed by atoms with E-state index in [1.165, 1.54) is 18.4 Å². The van der Waals surface area contributed by atoms with Crippen LogP contribution >= 0.6 is 22.9 Å². The van der Waals surface area contributed by atoms with E-state index in [1.807, 2.05) is 50.4 Å². The molecule has 2 unspecified atom stereocenters. The van der Waals surface area contributed by atoms with Crippen molar-refractivity contribution in [3.8, 4) is 16.5 Å². The monoisotopic (exact) mass is 552 g/mol. The Labute approximate surface area is 229 Å². The molecule has 0 saturated carbocycles. The van der Waals surface area contributed by atoms with E-state index in [0.29, 0.717) is 27.2 Å². The number of piperidine rings is 1. The molecule has 198 valence electrons. The number of hydrogen-bond donors (Lipinski definition) is 2. The molecule has 10 heteroatoms. The summed E-state index contributed by atoms with van der Waals surface area (Å²) in [6.45, 7) is 3.67. The molecule has 2 N–H and O–H groups in total. The largest absolute Gasteiger partial charge is 0.484 e. The molecule has 0 spiro atoms. The number of hydrogen-bond acceptors (Lipinski definition) is 7. The van der Waals surface area contributed by atoms with Crippen molar-refractivity contribution < 1.29 is 19.1 Å². The third-order valence-corrected chi connectivity index (χ3v) is 8.14. The summed E-state index contributed by atoms with van der Waals surface area (Å²) in [5.41, 5.74) is 3.05. The normalized spacial score (nSPS) is 16.8. The van der Waals surface area contributed by atoms with Crippen molar-refractivity contribution in [2.75, 3.05) is 32.6 Å². The van der Waals surface area contributed by atoms with Crippen LogP contribution in [0.4, 0.5) is 5.69 Å². The molecule has 0 aliphatic carbocycles. The summed E-state index contributed by atoms with van der Waals surface area (Å²) in [6, 6.07) is 14.8. The van der Waals surface area contributed by atoms with Gasteiger partial charge in [-0.2, -0.15) is 0 Å². The van der Waals surface area contributed by atoms with Gasteiger partial charge in [0.1, 0.15) is 17.7 Å². The third-order valence-electron chi connectivity index (χ3n) is 6.69. The first-order valence-electron chi connectivity index (χ1n) is 12.4. The fraction of sp³-hybridized carbons (Fsp3) is 0.321. The quantitative estimate of drug-likeness (QED) is 0.267. The lowest BCUT2D eigenvalue weighted by Gasteiger charge is -2.28. The van der Waals surface area contributed by atoms with Crippen LogP contribution in [0.2, 0.25) is 5.02 Å². The summed E-state index contributed by atoms with van der Waals surface area (Å²) >= 11 is 7.58. The number of methoxy groups -OCH3 is 1. The van der Waals surface area contributed by atoms with Gasteiger partial charge in [0.25, 0.3) is 0 Å². The molecule has 2 aromatic carbocycles. The molecule has 1 saturated heterocycles. The summed E-state index contributed by atoms with van der Waals surface area (Å²) in [5.74, 6) is 0.516. The lowest BCUT2D eigenvalue weighted by atomic mass is 9.97. The molecular weight excluding hydrogens is 524 g/mol. The van der Waals surface area contributed by atoms with Gasteiger partial charge < -0.3 is 24.7 Å². The van der Waals surface area contributed by atoms with E-state index in [0.717, 1.165) is 47.4 Å². The molecule has 1 aliphatic heterocycles. The second-order valence-electron chi connectivity index (χ2n) is 9.49. The minimum atomic E-state index is -0.489. The standard InChI is InChI=1S/C28H29ClN4O4S/c1-16(19-8-4-5-9-20(19)29)37-23-14-24(38-25(23)28(35)36-3)26-31-21-11-10-18(13-22(21)32-26)30-27(34)17-7-6-12-33(2)15-17/h4-5,8-11,13-14,16-17H,6-7,12,15H2,1-3H3,(H,30,34)(H,31,32). The lowest BCUT2D eigenvalue weighted by molar-refractivity contribution is -0.121. The predicted octanol–water partition coefficient (Wildman–Crippen LogP) is 6.15. The number of carbonyl (C=O) groups is 2. The number of amides is 1. The van der Waals surface area contributed by atoms with Crippen molar-refractivity contribution in [2.24, 2.45) is 5.92 Å². The van der Waals surface area contributed by atoms with Gasteiger partial charge in [-0.25, -0.2) is 9.78 Å². The van der Waals surface area contributed by atoms with Gasteiger partial charge >= 0.3 is 5.97 Å². The van der Waals surface area contributed by atoms with Crippen molar-refractivity contribution in [1.29, 1.82) is 0 Å². The van der Waals surface area contributed by atoms with Crippen LogP contribution < -0.4 is 10.1 Å². The number of imidazole rings is 1. The second kappa shape index (κ2) is 11.1. The zero-order valence-corrected chi connectivity index (χ0v) is 23.0. The van der Waals surface area contributed by atoms with Crippen LogP contribution in [0, 0.1) is 5.92 Å². The average Bonchev–Trinajstić information content (AvgIpc) is 3.52. The van der Waals surface area contributed by atoms with Gasteiger partial charge in [0.05, 0.1) is 28.9 Å². The number of halogens is 1. The van der Waals surface area contributed by atoms with Crippen LogP contribution in [0.5, 0.6) is 5.75 Å². The molecule has 8 nitrogen and oxygen atoms in total. The topological polar surface area (TPSA) is 96.5 Å². The number of likely N-dealkylation sites (tertiary alicyclic amines) is 1. The fourth-order valence-electron chi connectivity index (χ4n) is 4.70. The van der Waals surface area contributed by atoms with Gasteiger partial charge in [-0.1, -0.05) is 29.8 Å². The molecule has 3 heterocycles. The number of anilines is 1. The Balaban J connectivity index is 1.39. The summed E-state index contributed by atoms with van der Waals surface area (Å²) in [5, 5.41) is 3.64. The van der Waals surface area contributed by atoms with Crippen LogP contribution in [0.15, 0.2) is 48.5 Å². The molecule has 0 radical (unpaired) electrons. The molecule has 1 amide bonds. The SMILES string of the molecule is COC(=O)c1sc(-c2nc3ccc(NC(=O)C4CCCN(C)C4)cc3[nH]2)cc1OC(C)c1ccccc1Cl. The number of nitrogens with zero attached hydrogens (tertiary/aromatic N) is 2. The van der Waals surface area contributed by atoms with Crippen LogP contribution in [0.3, 0.4) is 0 Å². The molecular formula is C28H29ClN4O4S. The van der Waals surface area contributed by atoms with Gasteiger partial charge in [-0.15, -0.1) is 11.3 Å². The number of thiophene rings is 1. The Bertz CT molecular complexity index is 1480. The van der Waals surface area contributed by atoms with Gasteiger partial charge in [-0.05, 0) is 57.6 Å². The number of aromatic nitrogens is 2. The number of carbonyl (C=O) groups excluding carboxylic acids is 2. The maximum Gasteiger partial charge on any atom is 0.351 e. The van der Waals surface area contributed by atoms with Gasteiger partial charge in [0.2, 0.25) is 5.91 Å². The van der Waals surface area contributed by atoms with E-state index in [-0.39, 0.29) is 17.9 Å². The molecule has 2 aromatic heterocycles. The fourth-order valence-corrected chi connectivity index (χ4v) is 5.94. The highest BCUT2D eigenvalue weighted by Gasteiger charge is 2.25. The highest BCUT2D eigenvalue weighted by Crippen LogP contribution is 2.39. The van der Waals surface area contributed by atoms with Crippen LogP contribution in [0.25, 0.3) is 21.7 Å². The zero-order valence-electron chi connectivity index (χ0n) is 21.4. The number of fused-ring (bicyclic) bond motifs is 1. The maximum absolute atomic E-state index is 12.8. The molecule has 2 atom stereocenters. The molecule has 4 aromatic rings. The first-order valence-corrected chi connectivity index (χ1v) is 13.6. The van der Waals surface area contributed by atoms with Crippen molar-refractivity contribution in [2.45, 2.75) is 25.9 Å².